The third-order valence-electron chi connectivity index (χ3n) is 1.83. The van der Waals surface area contributed by atoms with Crippen molar-refractivity contribution in [1.82, 2.24) is 4.90 Å². The summed E-state index contributed by atoms with van der Waals surface area (Å²) in [5.74, 6) is -0.938. The average Bonchev–Trinajstić information content (AvgIpc) is 2.34. The number of carbonyl (C=O) groups excluding carboxylic acids is 1. The Morgan fingerprint density at radius 2 is 2.00 bits per heavy atom. The van der Waals surface area contributed by atoms with Crippen molar-refractivity contribution >= 4 is 5.97 Å². The molecule has 0 aromatic carbocycles. The summed E-state index contributed by atoms with van der Waals surface area (Å²) < 4.78 is 0. The van der Waals surface area contributed by atoms with E-state index in [9.17, 15) is 9.90 Å². The third-order valence-corrected chi connectivity index (χ3v) is 1.83. The zero-order valence-corrected chi connectivity index (χ0v) is 6.01. The van der Waals surface area contributed by atoms with Crippen LogP contribution in [0.5, 0.6) is 0 Å². The molecule has 0 atom stereocenters. The fraction of sp³-hybridized carbons (Fsp3) is 0.857. The molecule has 58 valence electrons. The summed E-state index contributed by atoms with van der Waals surface area (Å²) in [5, 5.41) is 10.0. The molecule has 0 saturated carbocycles. The Bertz CT molecular complexity index is 119. The van der Waals surface area contributed by atoms with Crippen molar-refractivity contribution in [3.8, 4) is 0 Å². The minimum atomic E-state index is -0.938. The summed E-state index contributed by atoms with van der Waals surface area (Å²) >= 11 is 0. The first kappa shape index (κ1) is 7.54. The average molecular weight is 142 g/mol. The van der Waals surface area contributed by atoms with Gasteiger partial charge in [-0.1, -0.05) is 0 Å². The van der Waals surface area contributed by atoms with E-state index in [0.29, 0.717) is 6.54 Å². The van der Waals surface area contributed by atoms with Crippen LogP contribution in [-0.2, 0) is 4.79 Å². The van der Waals surface area contributed by atoms with Crippen LogP contribution in [0.25, 0.3) is 0 Å². The summed E-state index contributed by atoms with van der Waals surface area (Å²) in [6, 6.07) is 0. The lowest BCUT2D eigenvalue weighted by Gasteiger charge is -2.13. The van der Waals surface area contributed by atoms with Crippen LogP contribution in [0.1, 0.15) is 19.3 Å². The number of likely N-dealkylation sites (tertiary alicyclic amines) is 1. The second-order valence-electron chi connectivity index (χ2n) is 2.67. The molecule has 3 nitrogen and oxygen atoms in total. The maximum absolute atomic E-state index is 10.0. The summed E-state index contributed by atoms with van der Waals surface area (Å²) in [4.78, 5) is 12.2. The van der Waals surface area contributed by atoms with Crippen molar-refractivity contribution in [2.45, 2.75) is 19.3 Å². The molecule has 0 amide bonds. The van der Waals surface area contributed by atoms with Gasteiger partial charge in [-0.25, -0.2) is 0 Å². The van der Waals surface area contributed by atoms with Crippen molar-refractivity contribution in [1.29, 1.82) is 0 Å². The van der Waals surface area contributed by atoms with E-state index in [0.717, 1.165) is 13.1 Å². The van der Waals surface area contributed by atoms with Crippen LogP contribution in [0.3, 0.4) is 0 Å². The second kappa shape index (κ2) is 3.56. The smallest absolute Gasteiger partial charge is 0.0427 e. The molecule has 0 bridgehead atoms. The third kappa shape index (κ3) is 2.35. The number of hydrogen-bond donors (Lipinski definition) is 0. The molecule has 1 heterocycles. The van der Waals surface area contributed by atoms with Crippen LogP contribution in [0, 0.1) is 0 Å². The highest BCUT2D eigenvalue weighted by molar-refractivity contribution is 5.64. The Kier molecular flexibility index (Phi) is 2.68. The largest absolute Gasteiger partial charge is 0.550 e. The van der Waals surface area contributed by atoms with Gasteiger partial charge >= 0.3 is 0 Å². The van der Waals surface area contributed by atoms with Crippen LogP contribution in [-0.4, -0.2) is 30.5 Å². The fourth-order valence-electron chi connectivity index (χ4n) is 1.26. The highest BCUT2D eigenvalue weighted by Gasteiger charge is 2.09. The predicted molar refractivity (Wildman–Crippen MR) is 35.3 cm³/mol. The molecule has 10 heavy (non-hydrogen) atoms. The number of rotatable bonds is 3. The van der Waals surface area contributed by atoms with Crippen molar-refractivity contribution in [2.24, 2.45) is 0 Å². The van der Waals surface area contributed by atoms with Crippen molar-refractivity contribution < 1.29 is 9.90 Å². The van der Waals surface area contributed by atoms with E-state index in [4.69, 9.17) is 0 Å². The molecule has 3 heteroatoms. The van der Waals surface area contributed by atoms with Crippen molar-refractivity contribution in [3.05, 3.63) is 0 Å². The lowest BCUT2D eigenvalue weighted by molar-refractivity contribution is -0.305. The molecule has 1 rings (SSSR count). The monoisotopic (exact) mass is 142 g/mol. The van der Waals surface area contributed by atoms with E-state index < -0.39 is 5.97 Å². The molecule has 0 N–H and O–H groups in total. The summed E-state index contributed by atoms with van der Waals surface area (Å²) in [5.41, 5.74) is 0. The maximum atomic E-state index is 10.0. The molecule has 0 spiro atoms. The quantitative estimate of drug-likeness (QED) is 0.519. The summed E-state index contributed by atoms with van der Waals surface area (Å²) in [6.07, 6.45) is 2.61. The first-order valence-electron chi connectivity index (χ1n) is 3.71. The number of hydrogen-bond acceptors (Lipinski definition) is 3. The van der Waals surface area contributed by atoms with E-state index in [1.165, 1.54) is 12.8 Å². The highest BCUT2D eigenvalue weighted by Crippen LogP contribution is 2.06. The van der Waals surface area contributed by atoms with Gasteiger partial charge in [0.15, 0.2) is 0 Å². The maximum Gasteiger partial charge on any atom is 0.0427 e. The Morgan fingerprint density at radius 3 is 2.50 bits per heavy atom. The Hall–Kier alpha value is -0.570. The van der Waals surface area contributed by atoms with E-state index in [2.05, 4.69) is 4.90 Å². The number of aliphatic carboxylic acids is 1. The van der Waals surface area contributed by atoms with E-state index in [-0.39, 0.29) is 6.42 Å². The normalized spacial score (nSPS) is 19.6. The van der Waals surface area contributed by atoms with Gasteiger partial charge < -0.3 is 14.8 Å². The fourth-order valence-corrected chi connectivity index (χ4v) is 1.26. The first-order chi connectivity index (χ1) is 4.79. The summed E-state index contributed by atoms with van der Waals surface area (Å²) in [7, 11) is 0. The van der Waals surface area contributed by atoms with Gasteiger partial charge in [0.1, 0.15) is 0 Å². The molecule has 1 aliphatic heterocycles. The number of nitrogens with zero attached hydrogens (tertiary/aromatic N) is 1. The predicted octanol–water partition coefficient (Wildman–Crippen LogP) is -0.778. The van der Waals surface area contributed by atoms with Crippen LogP contribution in [0.15, 0.2) is 0 Å². The van der Waals surface area contributed by atoms with Crippen LogP contribution < -0.4 is 5.11 Å². The van der Waals surface area contributed by atoms with Crippen LogP contribution in [0.4, 0.5) is 0 Å². The first-order valence-corrected chi connectivity index (χ1v) is 3.71. The summed E-state index contributed by atoms with van der Waals surface area (Å²) in [6.45, 7) is 2.79. The molecule has 0 aromatic rings. The van der Waals surface area contributed by atoms with E-state index in [1.54, 1.807) is 0 Å². The highest BCUT2D eigenvalue weighted by atomic mass is 16.4. The molecule has 1 fully saturated rings. The Morgan fingerprint density at radius 1 is 1.40 bits per heavy atom. The number of carbonyl (C=O) groups is 1. The molecular weight excluding hydrogens is 130 g/mol. The van der Waals surface area contributed by atoms with Crippen molar-refractivity contribution in [3.63, 3.8) is 0 Å². The molecule has 0 aromatic heterocycles. The number of carboxylic acids is 1. The van der Waals surface area contributed by atoms with Gasteiger partial charge in [0.2, 0.25) is 0 Å². The van der Waals surface area contributed by atoms with Crippen molar-refractivity contribution in [2.75, 3.05) is 19.6 Å². The molecule has 0 radical (unpaired) electrons. The molecule has 1 saturated heterocycles. The molecular formula is C7H12NO2-. The minimum Gasteiger partial charge on any atom is -0.550 e. The van der Waals surface area contributed by atoms with Gasteiger partial charge in [-0.2, -0.15) is 0 Å². The lowest BCUT2D eigenvalue weighted by atomic mass is 10.4. The lowest BCUT2D eigenvalue weighted by Crippen LogP contribution is -2.29. The topological polar surface area (TPSA) is 43.4 Å². The zero-order chi connectivity index (χ0) is 7.40. The minimum absolute atomic E-state index is 0.181. The van der Waals surface area contributed by atoms with Crippen LogP contribution >= 0.6 is 0 Å². The number of carboxylic acid groups (broad SMARTS) is 1. The molecule has 0 aliphatic carbocycles. The van der Waals surface area contributed by atoms with E-state index >= 15 is 0 Å². The van der Waals surface area contributed by atoms with Gasteiger partial charge in [-0.05, 0) is 32.4 Å². The van der Waals surface area contributed by atoms with Crippen LogP contribution in [0.2, 0.25) is 0 Å². The SMILES string of the molecule is O=C([O-])CCN1CCCC1. The van der Waals surface area contributed by atoms with E-state index in [1.807, 2.05) is 0 Å². The van der Waals surface area contributed by atoms with Gasteiger partial charge in [-0.15, -0.1) is 0 Å². The van der Waals surface area contributed by atoms with Gasteiger partial charge in [0, 0.05) is 12.5 Å². The Labute approximate surface area is 60.6 Å². The zero-order valence-electron chi connectivity index (χ0n) is 6.01. The molecule has 0 unspecified atom stereocenters. The Balaban J connectivity index is 2.07. The molecule has 1 aliphatic rings. The standard InChI is InChI=1S/C7H13NO2/c9-7(10)3-6-8-4-1-2-5-8/h1-6H2,(H,9,10)/p-1. The van der Waals surface area contributed by atoms with Gasteiger partial charge in [-0.3, -0.25) is 0 Å². The van der Waals surface area contributed by atoms with Gasteiger partial charge in [0.25, 0.3) is 0 Å². The van der Waals surface area contributed by atoms with Gasteiger partial charge in [0.05, 0.1) is 0 Å². The second-order valence-corrected chi connectivity index (χ2v) is 2.67.